The van der Waals surface area contributed by atoms with Crippen molar-refractivity contribution < 1.29 is 4.79 Å². The van der Waals surface area contributed by atoms with Crippen molar-refractivity contribution in [2.45, 2.75) is 19.8 Å². The smallest absolute Gasteiger partial charge is 0.228 e. The van der Waals surface area contributed by atoms with Gasteiger partial charge in [-0.3, -0.25) is 15.0 Å². The van der Waals surface area contributed by atoms with Gasteiger partial charge in [0.2, 0.25) is 5.91 Å². The van der Waals surface area contributed by atoms with Crippen LogP contribution in [0.5, 0.6) is 0 Å². The summed E-state index contributed by atoms with van der Waals surface area (Å²) in [6.07, 6.45) is 5.49. The standard InChI is InChI=1S/C19H18N4OS/c1-13(24)23-17-6-4-3-5-14(17)7-8-15-9-10-16(11-18(15)23)22-19(25-2)21-12-20/h3-6,9-11H,7-8H2,1-2H3,(H,21,22). The van der Waals surface area contributed by atoms with Gasteiger partial charge in [-0.2, -0.15) is 5.26 Å². The van der Waals surface area contributed by atoms with Crippen molar-refractivity contribution in [1.29, 1.82) is 5.26 Å². The van der Waals surface area contributed by atoms with Crippen LogP contribution >= 0.6 is 11.8 Å². The molecule has 0 saturated carbocycles. The number of para-hydroxylation sites is 1. The molecule has 1 N–H and O–H groups in total. The molecule has 126 valence electrons. The van der Waals surface area contributed by atoms with Gasteiger partial charge in [0.05, 0.1) is 17.1 Å². The fourth-order valence-corrected chi connectivity index (χ4v) is 3.35. The first-order valence-corrected chi connectivity index (χ1v) is 9.16. The second kappa shape index (κ2) is 7.41. The van der Waals surface area contributed by atoms with E-state index in [-0.39, 0.29) is 5.91 Å². The number of carbonyl (C=O) groups is 1. The van der Waals surface area contributed by atoms with E-state index in [1.807, 2.05) is 48.8 Å². The topological polar surface area (TPSA) is 68.5 Å². The number of nitrogens with zero attached hydrogens (tertiary/aromatic N) is 3. The maximum absolute atomic E-state index is 12.4. The zero-order valence-electron chi connectivity index (χ0n) is 14.1. The Balaban J connectivity index is 2.12. The highest BCUT2D eigenvalue weighted by molar-refractivity contribution is 8.13. The summed E-state index contributed by atoms with van der Waals surface area (Å²) in [4.78, 5) is 18.6. The molecule has 1 aliphatic rings. The van der Waals surface area contributed by atoms with Crippen LogP contribution in [0.1, 0.15) is 18.1 Å². The van der Waals surface area contributed by atoms with E-state index >= 15 is 0 Å². The van der Waals surface area contributed by atoms with Gasteiger partial charge >= 0.3 is 0 Å². The first-order valence-electron chi connectivity index (χ1n) is 7.93. The predicted molar refractivity (Wildman–Crippen MR) is 102 cm³/mol. The number of amidine groups is 1. The van der Waals surface area contributed by atoms with E-state index in [0.717, 1.165) is 35.3 Å². The van der Waals surface area contributed by atoms with E-state index in [0.29, 0.717) is 10.9 Å². The molecule has 0 unspecified atom stereocenters. The van der Waals surface area contributed by atoms with Crippen LogP contribution in [0, 0.1) is 11.5 Å². The number of rotatable bonds is 1. The fraction of sp³-hybridized carbons (Fsp3) is 0.211. The largest absolute Gasteiger partial charge is 0.281 e. The van der Waals surface area contributed by atoms with Crippen LogP contribution in [0.4, 0.5) is 17.1 Å². The lowest BCUT2D eigenvalue weighted by Gasteiger charge is -2.23. The number of benzene rings is 2. The first-order chi connectivity index (χ1) is 12.1. The molecule has 0 aliphatic carbocycles. The minimum Gasteiger partial charge on any atom is -0.281 e. The summed E-state index contributed by atoms with van der Waals surface area (Å²) in [5.74, 6) is -0.0306. The van der Waals surface area contributed by atoms with Crippen molar-refractivity contribution in [2.75, 3.05) is 11.2 Å². The summed E-state index contributed by atoms with van der Waals surface area (Å²) < 4.78 is 0. The first kappa shape index (κ1) is 17.1. The Labute approximate surface area is 151 Å². The number of nitriles is 1. The van der Waals surface area contributed by atoms with E-state index < -0.39 is 0 Å². The highest BCUT2D eigenvalue weighted by Crippen LogP contribution is 2.38. The average Bonchev–Trinajstić information content (AvgIpc) is 2.77. The predicted octanol–water partition coefficient (Wildman–Crippen LogP) is 3.89. The van der Waals surface area contributed by atoms with Crippen molar-refractivity contribution in [3.8, 4) is 6.19 Å². The number of thioether (sulfide) groups is 1. The summed E-state index contributed by atoms with van der Waals surface area (Å²) in [6, 6.07) is 13.8. The molecule has 0 saturated heterocycles. The lowest BCUT2D eigenvalue weighted by atomic mass is 10.0. The zero-order valence-corrected chi connectivity index (χ0v) is 14.9. The number of nitrogens with one attached hydrogen (secondary N) is 1. The molecular formula is C19H18N4OS. The molecule has 3 rings (SSSR count). The van der Waals surface area contributed by atoms with Crippen LogP contribution in [0.25, 0.3) is 0 Å². The highest BCUT2D eigenvalue weighted by atomic mass is 32.2. The van der Waals surface area contributed by atoms with Crippen LogP contribution in [-0.4, -0.2) is 17.3 Å². The number of anilines is 2. The quantitative estimate of drug-likeness (QED) is 0.367. The van der Waals surface area contributed by atoms with E-state index in [2.05, 4.69) is 16.4 Å². The Hall–Kier alpha value is -2.78. The lowest BCUT2D eigenvalue weighted by molar-refractivity contribution is -0.115. The van der Waals surface area contributed by atoms with Gasteiger partial charge in [0.1, 0.15) is 0 Å². The molecule has 1 aliphatic heterocycles. The number of aliphatic imine (C=N–C) groups is 1. The molecule has 0 spiro atoms. The Morgan fingerprint density at radius 2 is 1.92 bits per heavy atom. The molecule has 6 heteroatoms. The molecule has 0 aromatic heterocycles. The van der Waals surface area contributed by atoms with Gasteiger partial charge in [-0.05, 0) is 48.4 Å². The second-order valence-corrected chi connectivity index (χ2v) is 6.45. The number of carbonyl (C=O) groups excluding carboxylic acids is 1. The number of aryl methyl sites for hydroxylation is 2. The van der Waals surface area contributed by atoms with Crippen molar-refractivity contribution >= 4 is 39.9 Å². The summed E-state index contributed by atoms with van der Waals surface area (Å²) in [5.41, 5.74) is 4.77. The summed E-state index contributed by atoms with van der Waals surface area (Å²) in [6.45, 7) is 1.58. The minimum atomic E-state index is -0.0306. The van der Waals surface area contributed by atoms with Crippen molar-refractivity contribution in [3.05, 3.63) is 53.6 Å². The number of fused-ring (bicyclic) bond motifs is 2. The molecule has 2 aromatic carbocycles. The maximum Gasteiger partial charge on any atom is 0.228 e. The SMILES string of the molecule is CSC(=Nc1ccc2c(c1)N(C(C)=O)c1ccccc1CC2)NC#N. The maximum atomic E-state index is 12.4. The zero-order chi connectivity index (χ0) is 17.8. The molecule has 25 heavy (non-hydrogen) atoms. The summed E-state index contributed by atoms with van der Waals surface area (Å²) >= 11 is 1.36. The Kier molecular flexibility index (Phi) is 5.05. The monoisotopic (exact) mass is 350 g/mol. The van der Waals surface area contributed by atoms with Gasteiger partial charge in [0, 0.05) is 6.92 Å². The van der Waals surface area contributed by atoms with Gasteiger partial charge in [-0.15, -0.1) is 0 Å². The second-order valence-electron chi connectivity index (χ2n) is 5.65. The average molecular weight is 350 g/mol. The van der Waals surface area contributed by atoms with Crippen LogP contribution in [-0.2, 0) is 17.6 Å². The Bertz CT molecular complexity index is 885. The van der Waals surface area contributed by atoms with E-state index in [9.17, 15) is 4.79 Å². The molecule has 1 amide bonds. The molecule has 1 heterocycles. The van der Waals surface area contributed by atoms with Gasteiger partial charge in [0.25, 0.3) is 0 Å². The third-order valence-electron chi connectivity index (χ3n) is 4.11. The number of hydrogen-bond donors (Lipinski definition) is 1. The number of hydrogen-bond acceptors (Lipinski definition) is 4. The lowest BCUT2D eigenvalue weighted by Crippen LogP contribution is -2.23. The Morgan fingerprint density at radius 3 is 2.60 bits per heavy atom. The van der Waals surface area contributed by atoms with Gasteiger partial charge in [-0.25, -0.2) is 4.99 Å². The van der Waals surface area contributed by atoms with Crippen LogP contribution in [0.2, 0.25) is 0 Å². The van der Waals surface area contributed by atoms with Gasteiger partial charge in [0.15, 0.2) is 11.4 Å². The van der Waals surface area contributed by atoms with Crippen LogP contribution in [0.3, 0.4) is 0 Å². The van der Waals surface area contributed by atoms with E-state index in [4.69, 9.17) is 5.26 Å². The van der Waals surface area contributed by atoms with Gasteiger partial charge < -0.3 is 0 Å². The van der Waals surface area contributed by atoms with Gasteiger partial charge in [-0.1, -0.05) is 36.0 Å². The molecule has 5 nitrogen and oxygen atoms in total. The molecule has 0 atom stereocenters. The van der Waals surface area contributed by atoms with E-state index in [1.165, 1.54) is 11.8 Å². The Morgan fingerprint density at radius 1 is 1.20 bits per heavy atom. The van der Waals surface area contributed by atoms with Crippen LogP contribution in [0.15, 0.2) is 47.5 Å². The molecular weight excluding hydrogens is 332 g/mol. The molecule has 2 aromatic rings. The van der Waals surface area contributed by atoms with Crippen molar-refractivity contribution in [3.63, 3.8) is 0 Å². The fourth-order valence-electron chi connectivity index (χ4n) is 3.01. The molecule has 0 bridgehead atoms. The summed E-state index contributed by atoms with van der Waals surface area (Å²) in [7, 11) is 0. The number of amides is 1. The highest BCUT2D eigenvalue weighted by Gasteiger charge is 2.23. The van der Waals surface area contributed by atoms with Crippen molar-refractivity contribution in [2.24, 2.45) is 4.99 Å². The third kappa shape index (κ3) is 3.52. The van der Waals surface area contributed by atoms with E-state index in [1.54, 1.807) is 11.8 Å². The molecule has 0 radical (unpaired) electrons. The van der Waals surface area contributed by atoms with Crippen molar-refractivity contribution in [1.82, 2.24) is 5.32 Å². The summed E-state index contributed by atoms with van der Waals surface area (Å²) in [5, 5.41) is 11.9. The molecule has 0 fully saturated rings. The minimum absolute atomic E-state index is 0.0306. The van der Waals surface area contributed by atoms with Crippen LogP contribution < -0.4 is 10.2 Å². The third-order valence-corrected chi connectivity index (χ3v) is 4.69. The normalized spacial score (nSPS) is 13.3.